The molecule has 0 heterocycles. The molecule has 64 valence electrons. The van der Waals surface area contributed by atoms with E-state index in [-0.39, 0.29) is 25.8 Å². The molecule has 1 nitrogen and oxygen atoms in total. The van der Waals surface area contributed by atoms with E-state index in [2.05, 4.69) is 20.8 Å². The molecule has 0 amide bonds. The van der Waals surface area contributed by atoms with Crippen molar-refractivity contribution in [3.8, 4) is 0 Å². The van der Waals surface area contributed by atoms with Crippen LogP contribution in [-0.2, 0) is 0 Å². The van der Waals surface area contributed by atoms with Gasteiger partial charge in [-0.2, -0.15) is 0 Å². The maximum absolute atomic E-state index is 6.08. The summed E-state index contributed by atoms with van der Waals surface area (Å²) in [5, 5.41) is 0. The Labute approximate surface area is 84.8 Å². The van der Waals surface area contributed by atoms with E-state index in [1.54, 1.807) is 0 Å². The maximum atomic E-state index is 6.08. The van der Waals surface area contributed by atoms with E-state index in [9.17, 15) is 0 Å². The first-order chi connectivity index (χ1) is 4.68. The Balaban J connectivity index is -0.000000405. The van der Waals surface area contributed by atoms with E-state index in [4.69, 9.17) is 5.73 Å². The molecular formula is C9H22LiN. The van der Waals surface area contributed by atoms with Crippen molar-refractivity contribution in [3.63, 3.8) is 0 Å². The average Bonchev–Trinajstić information content (AvgIpc) is 2.00. The van der Waals surface area contributed by atoms with E-state index in [0.717, 1.165) is 12.8 Å². The van der Waals surface area contributed by atoms with Gasteiger partial charge in [0.05, 0.1) is 0 Å². The Morgan fingerprint density at radius 3 is 1.91 bits per heavy atom. The van der Waals surface area contributed by atoms with E-state index >= 15 is 0 Å². The quantitative estimate of drug-likeness (QED) is 0.542. The molecule has 0 atom stereocenters. The van der Waals surface area contributed by atoms with Gasteiger partial charge in [-0.25, -0.2) is 0 Å². The molecule has 0 rings (SSSR count). The molecule has 0 aliphatic carbocycles. The van der Waals surface area contributed by atoms with Crippen molar-refractivity contribution in [2.45, 2.75) is 58.4 Å². The zero-order valence-corrected chi connectivity index (χ0v) is 8.61. The molecular weight excluding hydrogens is 129 g/mol. The van der Waals surface area contributed by atoms with Crippen LogP contribution in [-0.4, -0.2) is 5.54 Å². The SMILES string of the molecule is CCCCC(N)(CC)CC.[H-].[Li+]. The Kier molecular flexibility index (Phi) is 9.26. The van der Waals surface area contributed by atoms with Gasteiger partial charge in [-0.15, -0.1) is 0 Å². The van der Waals surface area contributed by atoms with Gasteiger partial charge in [0, 0.05) is 5.54 Å². The van der Waals surface area contributed by atoms with Gasteiger partial charge in [-0.05, 0) is 19.3 Å². The summed E-state index contributed by atoms with van der Waals surface area (Å²) in [6.07, 6.45) is 5.96. The first kappa shape index (κ1) is 14.1. The minimum absolute atomic E-state index is 0. The first-order valence-corrected chi connectivity index (χ1v) is 4.47. The van der Waals surface area contributed by atoms with Crippen molar-refractivity contribution in [2.75, 3.05) is 0 Å². The Hall–Kier alpha value is 0.557. The molecule has 0 radical (unpaired) electrons. The molecule has 0 aromatic carbocycles. The number of hydrogen-bond acceptors (Lipinski definition) is 1. The van der Waals surface area contributed by atoms with Crippen LogP contribution < -0.4 is 24.6 Å². The fraction of sp³-hybridized carbons (Fsp3) is 1.00. The second-order valence-corrected chi connectivity index (χ2v) is 3.17. The topological polar surface area (TPSA) is 26.0 Å². The molecule has 2 N–H and O–H groups in total. The summed E-state index contributed by atoms with van der Waals surface area (Å²) in [4.78, 5) is 0. The van der Waals surface area contributed by atoms with Crippen LogP contribution in [0.3, 0.4) is 0 Å². The van der Waals surface area contributed by atoms with Crippen molar-refractivity contribution in [1.29, 1.82) is 0 Å². The normalized spacial score (nSPS) is 10.9. The zero-order valence-electron chi connectivity index (χ0n) is 9.61. The van der Waals surface area contributed by atoms with Crippen LogP contribution >= 0.6 is 0 Å². The zero-order chi connectivity index (χ0) is 8.04. The van der Waals surface area contributed by atoms with Crippen molar-refractivity contribution >= 4 is 0 Å². The fourth-order valence-electron chi connectivity index (χ4n) is 1.13. The van der Waals surface area contributed by atoms with Gasteiger partial charge in [0.15, 0.2) is 0 Å². The maximum Gasteiger partial charge on any atom is 1.00 e. The fourth-order valence-corrected chi connectivity index (χ4v) is 1.13. The van der Waals surface area contributed by atoms with Crippen LogP contribution in [0.2, 0.25) is 0 Å². The molecule has 0 aliphatic heterocycles. The van der Waals surface area contributed by atoms with Crippen molar-refractivity contribution < 1.29 is 20.3 Å². The van der Waals surface area contributed by atoms with Crippen LogP contribution in [0.1, 0.15) is 54.3 Å². The van der Waals surface area contributed by atoms with Crippen molar-refractivity contribution in [3.05, 3.63) is 0 Å². The Morgan fingerprint density at radius 2 is 1.64 bits per heavy atom. The minimum atomic E-state index is 0. The predicted octanol–water partition coefficient (Wildman–Crippen LogP) is -0.189. The number of unbranched alkanes of at least 4 members (excludes halogenated alkanes) is 1. The van der Waals surface area contributed by atoms with Crippen LogP contribution in [0.4, 0.5) is 0 Å². The van der Waals surface area contributed by atoms with Gasteiger partial charge in [0.1, 0.15) is 0 Å². The molecule has 0 saturated carbocycles. The second kappa shape index (κ2) is 7.22. The molecule has 0 spiro atoms. The molecule has 0 unspecified atom stereocenters. The number of rotatable bonds is 5. The van der Waals surface area contributed by atoms with E-state index in [0.29, 0.717) is 0 Å². The minimum Gasteiger partial charge on any atom is -1.00 e. The van der Waals surface area contributed by atoms with Gasteiger partial charge in [0.2, 0.25) is 0 Å². The molecule has 0 fully saturated rings. The summed E-state index contributed by atoms with van der Waals surface area (Å²) in [5.74, 6) is 0. The van der Waals surface area contributed by atoms with Gasteiger partial charge < -0.3 is 7.16 Å². The van der Waals surface area contributed by atoms with Crippen LogP contribution in [0.15, 0.2) is 0 Å². The summed E-state index contributed by atoms with van der Waals surface area (Å²) >= 11 is 0. The largest absolute Gasteiger partial charge is 1.00 e. The average molecular weight is 151 g/mol. The predicted molar refractivity (Wildman–Crippen MR) is 48.1 cm³/mol. The monoisotopic (exact) mass is 151 g/mol. The van der Waals surface area contributed by atoms with E-state index < -0.39 is 0 Å². The molecule has 0 aliphatic rings. The summed E-state index contributed by atoms with van der Waals surface area (Å²) < 4.78 is 0. The van der Waals surface area contributed by atoms with Gasteiger partial charge in [0.25, 0.3) is 0 Å². The summed E-state index contributed by atoms with van der Waals surface area (Å²) in [6, 6.07) is 0. The van der Waals surface area contributed by atoms with E-state index in [1.165, 1.54) is 19.3 Å². The van der Waals surface area contributed by atoms with Gasteiger partial charge in [-0.3, -0.25) is 0 Å². The number of nitrogens with two attached hydrogens (primary N) is 1. The Morgan fingerprint density at radius 1 is 1.18 bits per heavy atom. The molecule has 11 heavy (non-hydrogen) atoms. The summed E-state index contributed by atoms with van der Waals surface area (Å²) in [7, 11) is 0. The number of hydrogen-bond donors (Lipinski definition) is 1. The standard InChI is InChI=1S/C9H21N.Li.H/c1-4-7-8-9(10,5-2)6-3;;/h4-8,10H2,1-3H3;;/q;+1;-1. The molecule has 0 aromatic rings. The summed E-state index contributed by atoms with van der Waals surface area (Å²) in [6.45, 7) is 6.57. The second-order valence-electron chi connectivity index (χ2n) is 3.17. The summed E-state index contributed by atoms with van der Waals surface area (Å²) in [5.41, 5.74) is 6.22. The first-order valence-electron chi connectivity index (χ1n) is 4.47. The third-order valence-corrected chi connectivity index (χ3v) is 2.44. The Bertz CT molecular complexity index is 84.6. The molecule has 0 bridgehead atoms. The van der Waals surface area contributed by atoms with Crippen LogP contribution in [0.5, 0.6) is 0 Å². The smallest absolute Gasteiger partial charge is 1.00 e. The molecule has 2 heteroatoms. The van der Waals surface area contributed by atoms with Crippen molar-refractivity contribution in [2.24, 2.45) is 5.73 Å². The van der Waals surface area contributed by atoms with Crippen LogP contribution in [0, 0.1) is 0 Å². The molecule has 0 aromatic heterocycles. The van der Waals surface area contributed by atoms with Gasteiger partial charge >= 0.3 is 18.9 Å². The third kappa shape index (κ3) is 5.79. The molecule has 0 saturated heterocycles. The third-order valence-electron chi connectivity index (χ3n) is 2.44. The van der Waals surface area contributed by atoms with Gasteiger partial charge in [-0.1, -0.05) is 33.6 Å². The van der Waals surface area contributed by atoms with E-state index in [1.807, 2.05) is 0 Å². The van der Waals surface area contributed by atoms with Crippen molar-refractivity contribution in [1.82, 2.24) is 0 Å². The van der Waals surface area contributed by atoms with Crippen LogP contribution in [0.25, 0.3) is 0 Å².